The Bertz CT molecular complexity index is 698. The van der Waals surface area contributed by atoms with Crippen molar-refractivity contribution >= 4 is 42.3 Å². The molecule has 0 aromatic carbocycles. The lowest BCUT2D eigenvalue weighted by atomic mass is 10.0. The third-order valence-electron chi connectivity index (χ3n) is 4.69. The number of carboxylic acids is 1. The van der Waals surface area contributed by atoms with Gasteiger partial charge in [0.25, 0.3) is 0 Å². The number of carbonyl (C=O) groups is 4. The number of carboxylic acid groups (broad SMARTS) is 1. The molecule has 0 bridgehead atoms. The van der Waals surface area contributed by atoms with E-state index in [0.29, 0.717) is 25.8 Å². The molecule has 4 atom stereocenters. The van der Waals surface area contributed by atoms with Gasteiger partial charge in [-0.25, -0.2) is 4.79 Å². The van der Waals surface area contributed by atoms with Crippen molar-refractivity contribution in [2.24, 2.45) is 34.0 Å². The van der Waals surface area contributed by atoms with Crippen LogP contribution in [0.4, 0.5) is 0 Å². The predicted molar refractivity (Wildman–Crippen MR) is 129 cm³/mol. The second kappa shape index (κ2) is 15.3. The van der Waals surface area contributed by atoms with Gasteiger partial charge in [0.2, 0.25) is 17.7 Å². The SMILES string of the molecule is CC(C)CC(NC(=O)C(N)CCCN=C(N)N)C(=O)NC(CS)C(=O)NC(C(=O)O)C(C)C. The Morgan fingerprint density at radius 3 is 1.94 bits per heavy atom. The molecule has 0 aromatic heterocycles. The summed E-state index contributed by atoms with van der Waals surface area (Å²) >= 11 is 4.10. The summed E-state index contributed by atoms with van der Waals surface area (Å²) in [5.74, 6) is -3.37. The number of nitrogens with zero attached hydrogens (tertiary/aromatic N) is 1. The molecule has 0 heterocycles. The minimum Gasteiger partial charge on any atom is -0.480 e. The molecule has 190 valence electrons. The first-order chi connectivity index (χ1) is 15.3. The highest BCUT2D eigenvalue weighted by Crippen LogP contribution is 2.08. The zero-order chi connectivity index (χ0) is 25.7. The molecule has 3 amide bonds. The number of guanidine groups is 1. The molecule has 0 aliphatic rings. The molecule has 0 saturated heterocycles. The first-order valence-electron chi connectivity index (χ1n) is 10.9. The van der Waals surface area contributed by atoms with Crippen LogP contribution in [0.2, 0.25) is 0 Å². The third-order valence-corrected chi connectivity index (χ3v) is 5.06. The highest BCUT2D eigenvalue weighted by molar-refractivity contribution is 7.80. The smallest absolute Gasteiger partial charge is 0.326 e. The van der Waals surface area contributed by atoms with Crippen molar-refractivity contribution in [3.05, 3.63) is 0 Å². The van der Waals surface area contributed by atoms with Crippen LogP contribution in [-0.2, 0) is 19.2 Å². The first-order valence-corrected chi connectivity index (χ1v) is 11.5. The summed E-state index contributed by atoms with van der Waals surface area (Å²) in [6, 6.07) is -3.99. The van der Waals surface area contributed by atoms with Crippen molar-refractivity contribution in [2.45, 2.75) is 71.1 Å². The maximum absolute atomic E-state index is 12.9. The monoisotopic (exact) mass is 489 g/mol. The quantitative estimate of drug-likeness (QED) is 0.0587. The second-order valence-electron chi connectivity index (χ2n) is 8.56. The Kier molecular flexibility index (Phi) is 14.1. The molecule has 0 rings (SSSR count). The largest absolute Gasteiger partial charge is 0.480 e. The van der Waals surface area contributed by atoms with Crippen LogP contribution in [0.25, 0.3) is 0 Å². The highest BCUT2D eigenvalue weighted by atomic mass is 32.1. The molecule has 0 saturated carbocycles. The van der Waals surface area contributed by atoms with E-state index in [4.69, 9.17) is 17.2 Å². The number of amides is 3. The average Bonchev–Trinajstić information content (AvgIpc) is 2.71. The number of rotatable bonds is 15. The number of hydrogen-bond donors (Lipinski definition) is 8. The summed E-state index contributed by atoms with van der Waals surface area (Å²) in [4.78, 5) is 53.0. The number of aliphatic carboxylic acids is 1. The molecular weight excluding hydrogens is 450 g/mol. The summed E-state index contributed by atoms with van der Waals surface area (Å²) in [6.45, 7) is 7.39. The van der Waals surface area contributed by atoms with Gasteiger partial charge < -0.3 is 38.3 Å². The fourth-order valence-electron chi connectivity index (χ4n) is 2.87. The Hall–Kier alpha value is -2.54. The minimum absolute atomic E-state index is 0.0486. The van der Waals surface area contributed by atoms with Crippen molar-refractivity contribution < 1.29 is 24.3 Å². The zero-order valence-corrected chi connectivity index (χ0v) is 20.6. The first kappa shape index (κ1) is 30.5. The van der Waals surface area contributed by atoms with Gasteiger partial charge in [-0.15, -0.1) is 0 Å². The standard InChI is InChI=1S/C20H39N7O5S/c1-10(2)8-13(25-16(28)12(21)6-5-7-24-20(22)23)17(29)26-14(9-33)18(30)27-15(11(3)4)19(31)32/h10-15,33H,5-9,21H2,1-4H3,(H,25,28)(H,26,29)(H,27,30)(H,31,32)(H4,22,23,24). The van der Waals surface area contributed by atoms with Gasteiger partial charge >= 0.3 is 5.97 Å². The van der Waals surface area contributed by atoms with Crippen LogP contribution >= 0.6 is 12.6 Å². The van der Waals surface area contributed by atoms with Crippen molar-refractivity contribution in [2.75, 3.05) is 12.3 Å². The number of aliphatic imine (C=N–C) groups is 1. The van der Waals surface area contributed by atoms with E-state index in [0.717, 1.165) is 0 Å². The molecule has 0 spiro atoms. The van der Waals surface area contributed by atoms with E-state index < -0.39 is 47.9 Å². The van der Waals surface area contributed by atoms with Crippen LogP contribution in [0.5, 0.6) is 0 Å². The minimum atomic E-state index is -1.18. The van der Waals surface area contributed by atoms with Gasteiger partial charge in [0.1, 0.15) is 18.1 Å². The normalized spacial score (nSPS) is 14.7. The van der Waals surface area contributed by atoms with Gasteiger partial charge in [0.05, 0.1) is 6.04 Å². The molecule has 0 radical (unpaired) electrons. The van der Waals surface area contributed by atoms with Gasteiger partial charge in [-0.2, -0.15) is 12.6 Å². The number of carbonyl (C=O) groups excluding carboxylic acids is 3. The van der Waals surface area contributed by atoms with Crippen LogP contribution in [0.15, 0.2) is 4.99 Å². The molecule has 13 heteroatoms. The molecule has 0 aromatic rings. The topological polar surface area (TPSA) is 215 Å². The number of nitrogens with two attached hydrogens (primary N) is 3. The lowest BCUT2D eigenvalue weighted by molar-refractivity contribution is -0.143. The third kappa shape index (κ3) is 12.3. The molecule has 4 unspecified atom stereocenters. The lowest BCUT2D eigenvalue weighted by Gasteiger charge is -2.26. The Labute approximate surface area is 200 Å². The van der Waals surface area contributed by atoms with Gasteiger partial charge in [0, 0.05) is 12.3 Å². The second-order valence-corrected chi connectivity index (χ2v) is 8.92. The molecule has 0 aliphatic heterocycles. The number of hydrogen-bond acceptors (Lipinski definition) is 7. The van der Waals surface area contributed by atoms with E-state index in [1.165, 1.54) is 0 Å². The summed E-state index contributed by atoms with van der Waals surface area (Å²) in [5, 5.41) is 16.9. The Morgan fingerprint density at radius 1 is 0.939 bits per heavy atom. The summed E-state index contributed by atoms with van der Waals surface area (Å²) in [6.07, 6.45) is 1.10. The molecule has 0 fully saturated rings. The van der Waals surface area contributed by atoms with Crippen LogP contribution < -0.4 is 33.2 Å². The predicted octanol–water partition coefficient (Wildman–Crippen LogP) is -1.46. The lowest BCUT2D eigenvalue weighted by Crippen LogP contribution is -2.58. The molecule has 33 heavy (non-hydrogen) atoms. The number of nitrogens with one attached hydrogen (secondary N) is 3. The fourth-order valence-corrected chi connectivity index (χ4v) is 3.12. The van der Waals surface area contributed by atoms with Crippen LogP contribution in [-0.4, -0.2) is 71.2 Å². The van der Waals surface area contributed by atoms with Crippen molar-refractivity contribution in [3.8, 4) is 0 Å². The van der Waals surface area contributed by atoms with Gasteiger partial charge in [0.15, 0.2) is 5.96 Å². The zero-order valence-electron chi connectivity index (χ0n) is 19.7. The molecule has 10 N–H and O–H groups in total. The van der Waals surface area contributed by atoms with E-state index in [-0.39, 0.29) is 23.5 Å². The maximum atomic E-state index is 12.9. The van der Waals surface area contributed by atoms with E-state index in [9.17, 15) is 24.3 Å². The van der Waals surface area contributed by atoms with Crippen molar-refractivity contribution in [3.63, 3.8) is 0 Å². The van der Waals surface area contributed by atoms with E-state index in [2.05, 4.69) is 33.6 Å². The van der Waals surface area contributed by atoms with Crippen LogP contribution in [0.3, 0.4) is 0 Å². The summed E-state index contributed by atoms with van der Waals surface area (Å²) in [5.41, 5.74) is 16.4. The maximum Gasteiger partial charge on any atom is 0.326 e. The summed E-state index contributed by atoms with van der Waals surface area (Å²) < 4.78 is 0. The van der Waals surface area contributed by atoms with Crippen molar-refractivity contribution in [1.29, 1.82) is 0 Å². The van der Waals surface area contributed by atoms with Crippen molar-refractivity contribution in [1.82, 2.24) is 16.0 Å². The van der Waals surface area contributed by atoms with Gasteiger partial charge in [-0.1, -0.05) is 27.7 Å². The van der Waals surface area contributed by atoms with Gasteiger partial charge in [-0.3, -0.25) is 19.4 Å². The summed E-state index contributed by atoms with van der Waals surface area (Å²) in [7, 11) is 0. The Balaban J connectivity index is 5.14. The Morgan fingerprint density at radius 2 is 1.48 bits per heavy atom. The number of thiol groups is 1. The fraction of sp³-hybridized carbons (Fsp3) is 0.750. The van der Waals surface area contributed by atoms with E-state index in [1.807, 2.05) is 13.8 Å². The van der Waals surface area contributed by atoms with E-state index in [1.54, 1.807) is 13.8 Å². The van der Waals surface area contributed by atoms with E-state index >= 15 is 0 Å². The van der Waals surface area contributed by atoms with Crippen LogP contribution in [0.1, 0.15) is 47.0 Å². The highest BCUT2D eigenvalue weighted by Gasteiger charge is 2.31. The molecule has 12 nitrogen and oxygen atoms in total. The molecular formula is C20H39N7O5S. The van der Waals surface area contributed by atoms with Crippen LogP contribution in [0, 0.1) is 11.8 Å². The molecule has 0 aliphatic carbocycles. The average molecular weight is 490 g/mol. The van der Waals surface area contributed by atoms with Gasteiger partial charge in [-0.05, 0) is 31.1 Å².